The van der Waals surface area contributed by atoms with E-state index in [1.54, 1.807) is 24.3 Å². The molecule has 0 fully saturated rings. The van der Waals surface area contributed by atoms with Gasteiger partial charge in [-0.3, -0.25) is 0 Å². The summed E-state index contributed by atoms with van der Waals surface area (Å²) in [6.45, 7) is 9.08. The number of hydrogen-bond donors (Lipinski definition) is 0. The van der Waals surface area contributed by atoms with Crippen LogP contribution in [0.3, 0.4) is 0 Å². The van der Waals surface area contributed by atoms with Crippen LogP contribution in [0.2, 0.25) is 0 Å². The lowest BCUT2D eigenvalue weighted by Crippen LogP contribution is -2.09. The van der Waals surface area contributed by atoms with Gasteiger partial charge in [0, 0.05) is 0 Å². The van der Waals surface area contributed by atoms with Gasteiger partial charge in [-0.15, -0.1) is 0 Å². The quantitative estimate of drug-likeness (QED) is 0.459. The molecule has 0 aromatic heterocycles. The summed E-state index contributed by atoms with van der Waals surface area (Å²) >= 11 is 3.46. The van der Waals surface area contributed by atoms with Crippen LogP contribution in [-0.2, 0) is 0 Å². The molecule has 0 spiro atoms. The zero-order chi connectivity index (χ0) is 17.7. The van der Waals surface area contributed by atoms with E-state index in [0.29, 0.717) is 29.8 Å². The van der Waals surface area contributed by atoms with E-state index in [1.807, 2.05) is 18.2 Å². The number of rotatable bonds is 6. The molecule has 0 aliphatic carbocycles. The van der Waals surface area contributed by atoms with Crippen molar-refractivity contribution >= 4 is 21.9 Å². The van der Waals surface area contributed by atoms with Crippen LogP contribution in [0.15, 0.2) is 46.9 Å². The van der Waals surface area contributed by atoms with Gasteiger partial charge in [0.1, 0.15) is 11.5 Å². The molecule has 2 aromatic rings. The Balaban J connectivity index is 2.04. The molecule has 2 aromatic carbocycles. The summed E-state index contributed by atoms with van der Waals surface area (Å²) in [6.07, 6.45) is 0. The first-order valence-electron chi connectivity index (χ1n) is 8.11. The molecule has 0 saturated carbocycles. The van der Waals surface area contributed by atoms with Gasteiger partial charge in [-0.2, -0.15) is 0 Å². The molecule has 0 unspecified atom stereocenters. The van der Waals surface area contributed by atoms with Crippen molar-refractivity contribution in [3.8, 4) is 11.5 Å². The molecule has 0 aliphatic heterocycles. The third kappa shape index (κ3) is 5.10. The third-order valence-electron chi connectivity index (χ3n) is 3.50. The van der Waals surface area contributed by atoms with Gasteiger partial charge in [0.05, 0.1) is 16.6 Å². The number of carbonyl (C=O) groups excluding carboxylic acids is 1. The summed E-state index contributed by atoms with van der Waals surface area (Å²) in [4.78, 5) is 12.3. The van der Waals surface area contributed by atoms with Gasteiger partial charge in [-0.25, -0.2) is 4.79 Å². The van der Waals surface area contributed by atoms with Gasteiger partial charge in [0.25, 0.3) is 0 Å². The van der Waals surface area contributed by atoms with Crippen LogP contribution in [0, 0.1) is 5.92 Å². The maximum atomic E-state index is 12.3. The van der Waals surface area contributed by atoms with Crippen molar-refractivity contribution in [1.29, 1.82) is 0 Å². The molecule has 4 heteroatoms. The Morgan fingerprint density at radius 2 is 1.71 bits per heavy atom. The summed E-state index contributed by atoms with van der Waals surface area (Å²) in [6, 6.07) is 12.8. The van der Waals surface area contributed by atoms with E-state index >= 15 is 0 Å². The third-order valence-corrected chi connectivity index (χ3v) is 4.12. The van der Waals surface area contributed by atoms with Crippen LogP contribution in [0.1, 0.15) is 49.5 Å². The molecule has 0 amide bonds. The smallest absolute Gasteiger partial charge is 0.343 e. The molecule has 0 radical (unpaired) electrons. The Morgan fingerprint density at radius 1 is 1.04 bits per heavy atom. The molecule has 0 bridgehead atoms. The van der Waals surface area contributed by atoms with E-state index in [-0.39, 0.29) is 5.97 Å². The van der Waals surface area contributed by atoms with E-state index in [0.717, 1.165) is 10.2 Å². The number of ether oxygens (including phenoxy) is 2. The minimum absolute atomic E-state index is 0.386. The average molecular weight is 391 g/mol. The maximum Gasteiger partial charge on any atom is 0.343 e. The number of hydrogen-bond acceptors (Lipinski definition) is 3. The summed E-state index contributed by atoms with van der Waals surface area (Å²) < 4.78 is 11.9. The average Bonchev–Trinajstić information content (AvgIpc) is 2.55. The predicted molar refractivity (Wildman–Crippen MR) is 100.0 cm³/mol. The van der Waals surface area contributed by atoms with E-state index in [2.05, 4.69) is 43.6 Å². The van der Waals surface area contributed by atoms with Crippen LogP contribution in [-0.4, -0.2) is 12.6 Å². The standard InChI is InChI=1S/C20H23BrO3/c1-13(2)12-23-17-8-5-15(6-9-17)20(22)24-19-10-7-16(14(3)4)11-18(19)21/h5-11,13-14H,12H2,1-4H3. The van der Waals surface area contributed by atoms with Gasteiger partial charge in [-0.1, -0.05) is 33.8 Å². The lowest BCUT2D eigenvalue weighted by atomic mass is 10.0. The second-order valence-electron chi connectivity index (χ2n) is 6.46. The molecule has 0 N–H and O–H groups in total. The fraction of sp³-hybridized carbons (Fsp3) is 0.350. The van der Waals surface area contributed by atoms with E-state index in [9.17, 15) is 4.79 Å². The number of carbonyl (C=O) groups is 1. The van der Waals surface area contributed by atoms with Crippen molar-refractivity contribution < 1.29 is 14.3 Å². The van der Waals surface area contributed by atoms with Gasteiger partial charge < -0.3 is 9.47 Å². The number of halogens is 1. The first kappa shape index (κ1) is 18.5. The van der Waals surface area contributed by atoms with Gasteiger partial charge >= 0.3 is 5.97 Å². The largest absolute Gasteiger partial charge is 0.493 e. The van der Waals surface area contributed by atoms with E-state index < -0.39 is 0 Å². The summed E-state index contributed by atoms with van der Waals surface area (Å²) in [5.41, 5.74) is 1.68. The molecular formula is C20H23BrO3. The van der Waals surface area contributed by atoms with Crippen LogP contribution in [0.25, 0.3) is 0 Å². The Morgan fingerprint density at radius 3 is 2.25 bits per heavy atom. The van der Waals surface area contributed by atoms with Crippen molar-refractivity contribution in [2.45, 2.75) is 33.6 Å². The Bertz CT molecular complexity index is 691. The van der Waals surface area contributed by atoms with E-state index in [4.69, 9.17) is 9.47 Å². The normalized spacial score (nSPS) is 11.0. The van der Waals surface area contributed by atoms with Crippen LogP contribution in [0.5, 0.6) is 11.5 Å². The molecule has 0 aliphatic rings. The van der Waals surface area contributed by atoms with E-state index in [1.165, 1.54) is 5.56 Å². The highest BCUT2D eigenvalue weighted by molar-refractivity contribution is 9.10. The summed E-state index contributed by atoms with van der Waals surface area (Å²) in [7, 11) is 0. The lowest BCUT2D eigenvalue weighted by molar-refractivity contribution is 0.0733. The molecule has 3 nitrogen and oxygen atoms in total. The monoisotopic (exact) mass is 390 g/mol. The maximum absolute atomic E-state index is 12.3. The number of benzene rings is 2. The predicted octanol–water partition coefficient (Wildman–Crippen LogP) is 5.83. The van der Waals surface area contributed by atoms with Crippen LogP contribution < -0.4 is 9.47 Å². The van der Waals surface area contributed by atoms with Gasteiger partial charge in [-0.05, 0) is 69.7 Å². The minimum atomic E-state index is -0.386. The minimum Gasteiger partial charge on any atom is -0.493 e. The number of esters is 1. The fourth-order valence-corrected chi connectivity index (χ4v) is 2.55. The van der Waals surface area contributed by atoms with Crippen molar-refractivity contribution in [3.63, 3.8) is 0 Å². The Hall–Kier alpha value is -1.81. The SMILES string of the molecule is CC(C)COc1ccc(C(=O)Oc2ccc(C(C)C)cc2Br)cc1. The second kappa shape index (κ2) is 8.34. The molecule has 128 valence electrons. The van der Waals surface area contributed by atoms with Crippen LogP contribution in [0.4, 0.5) is 0 Å². The van der Waals surface area contributed by atoms with Gasteiger partial charge in [0.2, 0.25) is 0 Å². The molecular weight excluding hydrogens is 368 g/mol. The fourth-order valence-electron chi connectivity index (χ4n) is 2.07. The summed E-state index contributed by atoms with van der Waals surface area (Å²) in [5, 5.41) is 0. The zero-order valence-corrected chi connectivity index (χ0v) is 16.1. The molecule has 2 rings (SSSR count). The topological polar surface area (TPSA) is 35.5 Å². The first-order chi connectivity index (χ1) is 11.4. The second-order valence-corrected chi connectivity index (χ2v) is 7.32. The Labute approximate surface area is 152 Å². The van der Waals surface area contributed by atoms with Crippen molar-refractivity contribution in [2.24, 2.45) is 5.92 Å². The highest BCUT2D eigenvalue weighted by atomic mass is 79.9. The van der Waals surface area contributed by atoms with Crippen LogP contribution >= 0.6 is 15.9 Å². The summed E-state index contributed by atoms with van der Waals surface area (Å²) in [5.74, 6) is 1.76. The lowest BCUT2D eigenvalue weighted by Gasteiger charge is -2.11. The Kier molecular flexibility index (Phi) is 6.44. The highest BCUT2D eigenvalue weighted by Gasteiger charge is 2.12. The molecule has 0 heterocycles. The van der Waals surface area contributed by atoms with Gasteiger partial charge in [0.15, 0.2) is 0 Å². The highest BCUT2D eigenvalue weighted by Crippen LogP contribution is 2.29. The molecule has 0 atom stereocenters. The first-order valence-corrected chi connectivity index (χ1v) is 8.90. The van der Waals surface area contributed by atoms with Crippen molar-refractivity contribution in [2.75, 3.05) is 6.61 Å². The zero-order valence-electron chi connectivity index (χ0n) is 14.5. The van der Waals surface area contributed by atoms with Crippen molar-refractivity contribution in [3.05, 3.63) is 58.1 Å². The molecule has 24 heavy (non-hydrogen) atoms. The molecule has 0 saturated heterocycles. The van der Waals surface area contributed by atoms with Crippen molar-refractivity contribution in [1.82, 2.24) is 0 Å².